The molecular formula is C10H10IN3O. The van der Waals surface area contributed by atoms with Crippen LogP contribution in [0.4, 0.5) is 0 Å². The van der Waals surface area contributed by atoms with Crippen molar-refractivity contribution >= 4 is 22.6 Å². The van der Waals surface area contributed by atoms with Crippen LogP contribution in [0.3, 0.4) is 0 Å². The Morgan fingerprint density at radius 2 is 2.27 bits per heavy atom. The van der Waals surface area contributed by atoms with Crippen molar-refractivity contribution in [2.75, 3.05) is 7.05 Å². The summed E-state index contributed by atoms with van der Waals surface area (Å²) in [7, 11) is 1.84. The lowest BCUT2D eigenvalue weighted by atomic mass is 10.2. The predicted molar refractivity (Wildman–Crippen MR) is 65.2 cm³/mol. The van der Waals surface area contributed by atoms with Gasteiger partial charge in [-0.25, -0.2) is 0 Å². The third kappa shape index (κ3) is 2.54. The maximum atomic E-state index is 5.48. The van der Waals surface area contributed by atoms with Gasteiger partial charge in [0, 0.05) is 9.13 Å². The molecule has 0 spiro atoms. The van der Waals surface area contributed by atoms with Gasteiger partial charge in [-0.1, -0.05) is 6.07 Å². The van der Waals surface area contributed by atoms with E-state index in [0.29, 0.717) is 18.3 Å². The topological polar surface area (TPSA) is 51.0 Å². The maximum absolute atomic E-state index is 5.48. The molecule has 1 heterocycles. The molecule has 1 N–H and O–H groups in total. The highest BCUT2D eigenvalue weighted by atomic mass is 127. The molecule has 0 aliphatic rings. The Kier molecular flexibility index (Phi) is 3.32. The first-order valence-corrected chi connectivity index (χ1v) is 5.60. The highest BCUT2D eigenvalue weighted by molar-refractivity contribution is 14.1. The van der Waals surface area contributed by atoms with Gasteiger partial charge < -0.3 is 9.73 Å². The summed E-state index contributed by atoms with van der Waals surface area (Å²) in [4.78, 5) is 0. The summed E-state index contributed by atoms with van der Waals surface area (Å²) in [6, 6.07) is 7.96. The zero-order valence-electron chi connectivity index (χ0n) is 8.20. The van der Waals surface area contributed by atoms with E-state index in [9.17, 15) is 0 Å². The van der Waals surface area contributed by atoms with Crippen LogP contribution in [-0.4, -0.2) is 17.2 Å². The smallest absolute Gasteiger partial charge is 0.247 e. The quantitative estimate of drug-likeness (QED) is 0.881. The van der Waals surface area contributed by atoms with Gasteiger partial charge in [0.1, 0.15) is 0 Å². The molecule has 0 radical (unpaired) electrons. The summed E-state index contributed by atoms with van der Waals surface area (Å²) < 4.78 is 6.63. The van der Waals surface area contributed by atoms with Gasteiger partial charge >= 0.3 is 0 Å². The number of benzene rings is 1. The molecular weight excluding hydrogens is 305 g/mol. The molecule has 5 heteroatoms. The molecule has 1 aromatic heterocycles. The van der Waals surface area contributed by atoms with Crippen molar-refractivity contribution in [3.63, 3.8) is 0 Å². The van der Waals surface area contributed by atoms with Crippen LogP contribution >= 0.6 is 22.6 Å². The minimum Gasteiger partial charge on any atom is -0.419 e. The van der Waals surface area contributed by atoms with E-state index in [4.69, 9.17) is 4.42 Å². The van der Waals surface area contributed by atoms with Crippen molar-refractivity contribution in [2.24, 2.45) is 0 Å². The first kappa shape index (κ1) is 10.6. The van der Waals surface area contributed by atoms with Gasteiger partial charge in [-0.15, -0.1) is 10.2 Å². The van der Waals surface area contributed by atoms with Crippen LogP contribution in [0.15, 0.2) is 28.7 Å². The van der Waals surface area contributed by atoms with Gasteiger partial charge in [0.05, 0.1) is 6.54 Å². The van der Waals surface area contributed by atoms with Gasteiger partial charge in [0.25, 0.3) is 0 Å². The molecule has 0 saturated heterocycles. The fraction of sp³-hybridized carbons (Fsp3) is 0.200. The lowest BCUT2D eigenvalue weighted by Gasteiger charge is -1.95. The Morgan fingerprint density at radius 3 is 3.00 bits per heavy atom. The van der Waals surface area contributed by atoms with Crippen molar-refractivity contribution in [2.45, 2.75) is 6.54 Å². The van der Waals surface area contributed by atoms with Crippen molar-refractivity contribution in [1.29, 1.82) is 0 Å². The molecule has 0 fully saturated rings. The third-order valence-corrected chi connectivity index (χ3v) is 2.54. The standard InChI is InChI=1S/C10H10IN3O/c1-12-6-9-13-14-10(15-9)7-3-2-4-8(11)5-7/h2-5,12H,6H2,1H3. The van der Waals surface area contributed by atoms with Gasteiger partial charge in [-0.3, -0.25) is 0 Å². The van der Waals surface area contributed by atoms with Crippen LogP contribution in [0, 0.1) is 3.57 Å². The van der Waals surface area contributed by atoms with E-state index in [1.54, 1.807) is 0 Å². The van der Waals surface area contributed by atoms with Crippen LogP contribution < -0.4 is 5.32 Å². The Hall–Kier alpha value is -0.950. The molecule has 0 unspecified atom stereocenters. The largest absolute Gasteiger partial charge is 0.419 e. The molecule has 0 atom stereocenters. The zero-order chi connectivity index (χ0) is 10.7. The van der Waals surface area contributed by atoms with Crippen molar-refractivity contribution < 1.29 is 4.42 Å². The fourth-order valence-electron chi connectivity index (χ4n) is 1.21. The zero-order valence-corrected chi connectivity index (χ0v) is 10.4. The van der Waals surface area contributed by atoms with E-state index in [0.717, 1.165) is 9.13 Å². The highest BCUT2D eigenvalue weighted by Crippen LogP contribution is 2.19. The predicted octanol–water partition coefficient (Wildman–Crippen LogP) is 2.06. The fourth-order valence-corrected chi connectivity index (χ4v) is 1.76. The SMILES string of the molecule is CNCc1nnc(-c2cccc(I)c2)o1. The molecule has 0 bridgehead atoms. The molecule has 2 aromatic rings. The first-order valence-electron chi connectivity index (χ1n) is 4.52. The van der Waals surface area contributed by atoms with Gasteiger partial charge in [0.15, 0.2) is 0 Å². The minimum atomic E-state index is 0.568. The maximum Gasteiger partial charge on any atom is 0.247 e. The summed E-state index contributed by atoms with van der Waals surface area (Å²) in [5.74, 6) is 1.17. The Morgan fingerprint density at radius 1 is 1.40 bits per heavy atom. The number of hydrogen-bond acceptors (Lipinski definition) is 4. The second-order valence-electron chi connectivity index (χ2n) is 3.04. The average Bonchev–Trinajstić information content (AvgIpc) is 2.67. The van der Waals surface area contributed by atoms with Crippen LogP contribution in [0.1, 0.15) is 5.89 Å². The summed E-state index contributed by atoms with van der Waals surface area (Å²) >= 11 is 2.25. The molecule has 2 rings (SSSR count). The molecule has 78 valence electrons. The minimum absolute atomic E-state index is 0.568. The highest BCUT2D eigenvalue weighted by Gasteiger charge is 2.07. The normalized spacial score (nSPS) is 10.5. The van der Waals surface area contributed by atoms with E-state index >= 15 is 0 Å². The first-order chi connectivity index (χ1) is 7.29. The molecule has 0 amide bonds. The van der Waals surface area contributed by atoms with Crippen LogP contribution in [0.2, 0.25) is 0 Å². The Labute approximate surface area is 101 Å². The van der Waals surface area contributed by atoms with Gasteiger partial charge in [-0.2, -0.15) is 0 Å². The Balaban J connectivity index is 2.29. The number of hydrogen-bond donors (Lipinski definition) is 1. The third-order valence-electron chi connectivity index (χ3n) is 1.87. The Bertz CT molecular complexity index is 455. The number of halogens is 1. The van der Waals surface area contributed by atoms with E-state index in [2.05, 4.69) is 38.1 Å². The van der Waals surface area contributed by atoms with Gasteiger partial charge in [0.2, 0.25) is 11.8 Å². The monoisotopic (exact) mass is 315 g/mol. The van der Waals surface area contributed by atoms with E-state index < -0.39 is 0 Å². The van der Waals surface area contributed by atoms with Crippen molar-refractivity contribution in [3.05, 3.63) is 33.7 Å². The number of aromatic nitrogens is 2. The van der Waals surface area contributed by atoms with E-state index in [1.165, 1.54) is 0 Å². The second kappa shape index (κ2) is 4.71. The number of nitrogens with one attached hydrogen (secondary N) is 1. The lowest BCUT2D eigenvalue weighted by molar-refractivity contribution is 0.490. The molecule has 0 aliphatic heterocycles. The summed E-state index contributed by atoms with van der Waals surface area (Å²) in [6.07, 6.45) is 0. The number of nitrogens with zero attached hydrogens (tertiary/aromatic N) is 2. The molecule has 4 nitrogen and oxygen atoms in total. The van der Waals surface area contributed by atoms with Crippen LogP contribution in [-0.2, 0) is 6.54 Å². The average molecular weight is 315 g/mol. The molecule has 0 saturated carbocycles. The second-order valence-corrected chi connectivity index (χ2v) is 4.29. The van der Waals surface area contributed by atoms with Crippen LogP contribution in [0.5, 0.6) is 0 Å². The summed E-state index contributed by atoms with van der Waals surface area (Å²) in [5.41, 5.74) is 0.955. The van der Waals surface area contributed by atoms with Crippen molar-refractivity contribution in [1.82, 2.24) is 15.5 Å². The number of rotatable bonds is 3. The summed E-state index contributed by atoms with van der Waals surface area (Å²) in [5, 5.41) is 10.9. The van der Waals surface area contributed by atoms with Crippen LogP contribution in [0.25, 0.3) is 11.5 Å². The summed E-state index contributed by atoms with van der Waals surface area (Å²) in [6.45, 7) is 0.594. The van der Waals surface area contributed by atoms with E-state index in [-0.39, 0.29) is 0 Å². The molecule has 15 heavy (non-hydrogen) atoms. The molecule has 0 aliphatic carbocycles. The van der Waals surface area contributed by atoms with E-state index in [1.807, 2.05) is 31.3 Å². The van der Waals surface area contributed by atoms with Gasteiger partial charge in [-0.05, 0) is 47.8 Å². The molecule has 1 aromatic carbocycles. The lowest BCUT2D eigenvalue weighted by Crippen LogP contribution is -2.04. The van der Waals surface area contributed by atoms with Crippen molar-refractivity contribution in [3.8, 4) is 11.5 Å².